The molecule has 0 bridgehead atoms. The number of ketones is 1. The van der Waals surface area contributed by atoms with Crippen molar-refractivity contribution in [1.82, 2.24) is 0 Å². The van der Waals surface area contributed by atoms with Gasteiger partial charge in [0.05, 0.1) is 9.79 Å². The highest BCUT2D eigenvalue weighted by Gasteiger charge is 2.15. The summed E-state index contributed by atoms with van der Waals surface area (Å²) in [6.07, 6.45) is 0. The average molecular weight is 429 g/mol. The highest BCUT2D eigenvalue weighted by molar-refractivity contribution is 7.91. The van der Waals surface area contributed by atoms with Gasteiger partial charge in [-0.2, -0.15) is 0 Å². The van der Waals surface area contributed by atoms with Gasteiger partial charge in [-0.15, -0.1) is 0 Å². The summed E-state index contributed by atoms with van der Waals surface area (Å²) in [6.45, 7) is 4.03. The molecule has 3 nitrogen and oxygen atoms in total. The van der Waals surface area contributed by atoms with Gasteiger partial charge in [0.25, 0.3) is 0 Å². The van der Waals surface area contributed by atoms with Crippen molar-refractivity contribution in [3.63, 3.8) is 0 Å². The molecule has 0 heterocycles. The van der Waals surface area contributed by atoms with Gasteiger partial charge in [0.15, 0.2) is 5.78 Å². The van der Waals surface area contributed by atoms with E-state index in [0.717, 1.165) is 11.1 Å². The highest BCUT2D eigenvalue weighted by atomic mass is 32.2. The number of sulfone groups is 1. The van der Waals surface area contributed by atoms with Crippen molar-refractivity contribution in [2.45, 2.75) is 23.6 Å². The van der Waals surface area contributed by atoms with E-state index in [1.165, 1.54) is 11.1 Å². The Morgan fingerprint density at radius 2 is 0.839 bits per heavy atom. The molecule has 0 aliphatic carbocycles. The van der Waals surface area contributed by atoms with E-state index in [0.29, 0.717) is 9.79 Å². The molecule has 0 fully saturated rings. The van der Waals surface area contributed by atoms with E-state index in [-0.39, 0.29) is 5.78 Å². The van der Waals surface area contributed by atoms with Crippen LogP contribution in [0.2, 0.25) is 0 Å². The van der Waals surface area contributed by atoms with Crippen LogP contribution in [-0.4, -0.2) is 14.2 Å². The van der Waals surface area contributed by atoms with Gasteiger partial charge in [-0.1, -0.05) is 96.1 Å². The predicted octanol–water partition coefficient (Wildman–Crippen LogP) is 6.05. The number of carbonyl (C=O) groups is 1. The molecule has 0 radical (unpaired) electrons. The summed E-state index contributed by atoms with van der Waals surface area (Å²) >= 11 is 0. The SMILES string of the molecule is Cc1ccc(C(=O)c2ccc(C)cc2)cc1.O=S(=O)(c1ccccc1)c1ccccc1. The maximum atomic E-state index is 12.1. The lowest BCUT2D eigenvalue weighted by Crippen LogP contribution is -2.00. The van der Waals surface area contributed by atoms with Crippen molar-refractivity contribution in [3.8, 4) is 0 Å². The Kier molecular flexibility index (Phi) is 7.16. The van der Waals surface area contributed by atoms with Gasteiger partial charge < -0.3 is 0 Å². The average Bonchev–Trinajstić information content (AvgIpc) is 2.81. The molecule has 4 heteroatoms. The van der Waals surface area contributed by atoms with E-state index in [1.54, 1.807) is 60.7 Å². The van der Waals surface area contributed by atoms with Crippen molar-refractivity contribution in [1.29, 1.82) is 0 Å². The molecule has 0 unspecified atom stereocenters. The fraction of sp³-hybridized carbons (Fsp3) is 0.0741. The third-order valence-electron chi connectivity index (χ3n) is 4.73. The Morgan fingerprint density at radius 3 is 1.16 bits per heavy atom. The van der Waals surface area contributed by atoms with Crippen molar-refractivity contribution >= 4 is 15.6 Å². The maximum absolute atomic E-state index is 12.1. The lowest BCUT2D eigenvalue weighted by Gasteiger charge is -2.03. The summed E-state index contributed by atoms with van der Waals surface area (Å²) in [5, 5.41) is 0. The van der Waals surface area contributed by atoms with Crippen molar-refractivity contribution in [3.05, 3.63) is 131 Å². The molecule has 0 atom stereocenters. The third-order valence-corrected chi connectivity index (χ3v) is 6.52. The number of aryl methyl sites for hydroxylation is 2. The summed E-state index contributed by atoms with van der Waals surface area (Å²) in [6, 6.07) is 32.2. The van der Waals surface area contributed by atoms with Crippen molar-refractivity contribution < 1.29 is 13.2 Å². The molecular weight excluding hydrogens is 404 g/mol. The molecule has 4 rings (SSSR count). The van der Waals surface area contributed by atoms with Crippen LogP contribution in [0.5, 0.6) is 0 Å². The molecular formula is C27H24O3S. The van der Waals surface area contributed by atoms with Crippen LogP contribution in [0.1, 0.15) is 27.0 Å². The second kappa shape index (κ2) is 10.0. The summed E-state index contributed by atoms with van der Waals surface area (Å²) in [5.74, 6) is 0.0833. The molecule has 0 aliphatic rings. The van der Waals surface area contributed by atoms with Crippen molar-refractivity contribution in [2.24, 2.45) is 0 Å². The zero-order valence-corrected chi connectivity index (χ0v) is 18.3. The Hall–Kier alpha value is -3.50. The van der Waals surface area contributed by atoms with Gasteiger partial charge in [0, 0.05) is 11.1 Å². The summed E-state index contributed by atoms with van der Waals surface area (Å²) in [5.41, 5.74) is 3.82. The van der Waals surface area contributed by atoms with Gasteiger partial charge in [-0.3, -0.25) is 4.79 Å². The number of benzene rings is 4. The Balaban J connectivity index is 0.000000176. The number of carbonyl (C=O) groups excluding carboxylic acids is 1. The van der Waals surface area contributed by atoms with E-state index in [1.807, 2.05) is 62.4 Å². The Bertz CT molecular complexity index is 1130. The minimum atomic E-state index is -3.34. The van der Waals surface area contributed by atoms with Gasteiger partial charge in [-0.25, -0.2) is 8.42 Å². The molecule has 156 valence electrons. The van der Waals surface area contributed by atoms with Crippen LogP contribution in [0.15, 0.2) is 119 Å². The van der Waals surface area contributed by atoms with E-state index < -0.39 is 9.84 Å². The van der Waals surface area contributed by atoms with E-state index in [4.69, 9.17) is 0 Å². The van der Waals surface area contributed by atoms with Gasteiger partial charge in [0.2, 0.25) is 9.84 Å². The first-order chi connectivity index (χ1) is 14.9. The second-order valence-electron chi connectivity index (χ2n) is 7.19. The minimum absolute atomic E-state index is 0.0833. The van der Waals surface area contributed by atoms with E-state index >= 15 is 0 Å². The van der Waals surface area contributed by atoms with Gasteiger partial charge in [-0.05, 0) is 38.1 Å². The molecule has 0 aliphatic heterocycles. The molecule has 0 spiro atoms. The topological polar surface area (TPSA) is 51.2 Å². The Labute approximate surface area is 183 Å². The summed E-state index contributed by atoms with van der Waals surface area (Å²) in [7, 11) is -3.34. The first-order valence-corrected chi connectivity index (χ1v) is 11.4. The normalized spacial score (nSPS) is 10.6. The fourth-order valence-corrected chi connectivity index (χ4v) is 4.21. The number of rotatable bonds is 4. The first-order valence-electron chi connectivity index (χ1n) is 9.91. The van der Waals surface area contributed by atoms with Gasteiger partial charge in [0.1, 0.15) is 0 Å². The summed E-state index contributed by atoms with van der Waals surface area (Å²) < 4.78 is 24.1. The first kappa shape index (κ1) is 22.2. The van der Waals surface area contributed by atoms with Crippen molar-refractivity contribution in [2.75, 3.05) is 0 Å². The van der Waals surface area contributed by atoms with E-state index in [9.17, 15) is 13.2 Å². The number of hydrogen-bond acceptors (Lipinski definition) is 3. The second-order valence-corrected chi connectivity index (χ2v) is 9.14. The quantitative estimate of drug-likeness (QED) is 0.372. The summed E-state index contributed by atoms with van der Waals surface area (Å²) in [4.78, 5) is 12.7. The zero-order valence-electron chi connectivity index (χ0n) is 17.5. The molecule has 0 saturated carbocycles. The molecule has 31 heavy (non-hydrogen) atoms. The lowest BCUT2D eigenvalue weighted by molar-refractivity contribution is 0.103. The van der Waals surface area contributed by atoms with Crippen LogP contribution in [0, 0.1) is 13.8 Å². The predicted molar refractivity (Wildman–Crippen MR) is 124 cm³/mol. The van der Waals surface area contributed by atoms with E-state index in [2.05, 4.69) is 0 Å². The van der Waals surface area contributed by atoms with Crippen LogP contribution in [0.25, 0.3) is 0 Å². The molecule has 4 aromatic carbocycles. The lowest BCUT2D eigenvalue weighted by atomic mass is 10.0. The largest absolute Gasteiger partial charge is 0.289 e. The molecule has 4 aromatic rings. The number of hydrogen-bond donors (Lipinski definition) is 0. The van der Waals surface area contributed by atoms with Crippen LogP contribution in [0.4, 0.5) is 0 Å². The smallest absolute Gasteiger partial charge is 0.206 e. The monoisotopic (exact) mass is 428 g/mol. The highest BCUT2D eigenvalue weighted by Crippen LogP contribution is 2.19. The fourth-order valence-electron chi connectivity index (χ4n) is 2.91. The van der Waals surface area contributed by atoms with Crippen LogP contribution < -0.4 is 0 Å². The Morgan fingerprint density at radius 1 is 0.516 bits per heavy atom. The third kappa shape index (κ3) is 5.77. The van der Waals surface area contributed by atoms with Crippen LogP contribution in [0.3, 0.4) is 0 Å². The maximum Gasteiger partial charge on any atom is 0.206 e. The zero-order chi connectivity index (χ0) is 22.3. The van der Waals surface area contributed by atoms with Gasteiger partial charge >= 0.3 is 0 Å². The minimum Gasteiger partial charge on any atom is -0.289 e. The molecule has 0 saturated heterocycles. The standard InChI is InChI=1S/C15H14O.C12H10O2S/c1-11-3-7-13(8-4-11)15(16)14-9-5-12(2)6-10-14;13-15(14,11-7-3-1-4-8-11)12-9-5-2-6-10-12/h3-10H,1-2H3;1-10H. The van der Waals surface area contributed by atoms with Crippen LogP contribution in [-0.2, 0) is 9.84 Å². The molecule has 0 amide bonds. The van der Waals surface area contributed by atoms with Crippen LogP contribution >= 0.6 is 0 Å². The molecule has 0 N–H and O–H groups in total. The molecule has 0 aromatic heterocycles.